The molecule has 4 aliphatic heterocycles. The summed E-state index contributed by atoms with van der Waals surface area (Å²) < 4.78 is 13.9. The zero-order valence-corrected chi connectivity index (χ0v) is 36.2. The fourth-order valence-electron chi connectivity index (χ4n) is 9.82. The van der Waals surface area contributed by atoms with Crippen LogP contribution in [0.4, 0.5) is 23.1 Å². The second-order valence-electron chi connectivity index (χ2n) is 17.5. The lowest BCUT2D eigenvalue weighted by atomic mass is 9.61. The van der Waals surface area contributed by atoms with Gasteiger partial charge in [-0.1, -0.05) is 17.7 Å². The number of carbonyl (C=O) groups excluding carboxylic acids is 5. The van der Waals surface area contributed by atoms with Crippen LogP contribution in [0.1, 0.15) is 92.0 Å². The van der Waals surface area contributed by atoms with E-state index in [-0.39, 0.29) is 60.3 Å². The SMILES string of the molecule is CNC(=O)COc1cc2cc(Nc3nc(N4CCC(OC5CC6(CCN(c7cccc8c7C(=O)N(C7CCC(=O)NC7=O)C8=O)CC6)C5)CC4)ncc3Cl)ccc2n(C(C)C)c1=O. The van der Waals surface area contributed by atoms with Crippen LogP contribution < -0.4 is 36.0 Å². The maximum Gasteiger partial charge on any atom is 0.293 e. The number of carbonyl (C=O) groups is 5. The Labute approximate surface area is 368 Å². The molecule has 4 aromatic rings. The molecule has 0 bridgehead atoms. The van der Waals surface area contributed by atoms with Gasteiger partial charge in [-0.3, -0.25) is 39.0 Å². The van der Waals surface area contributed by atoms with Gasteiger partial charge in [0, 0.05) is 56.8 Å². The average molecular weight is 880 g/mol. The van der Waals surface area contributed by atoms with E-state index in [2.05, 4.69) is 30.7 Å². The van der Waals surface area contributed by atoms with E-state index in [4.69, 9.17) is 26.1 Å². The molecule has 5 aliphatic rings. The fourth-order valence-corrected chi connectivity index (χ4v) is 9.96. The number of amides is 5. The van der Waals surface area contributed by atoms with Crippen LogP contribution in [0, 0.1) is 5.41 Å². The summed E-state index contributed by atoms with van der Waals surface area (Å²) in [7, 11) is 1.51. The number of fused-ring (bicyclic) bond motifs is 2. The minimum absolute atomic E-state index is 0.0803. The highest BCUT2D eigenvalue weighted by atomic mass is 35.5. The van der Waals surface area contributed by atoms with Gasteiger partial charge in [0.25, 0.3) is 23.3 Å². The minimum atomic E-state index is -0.994. The van der Waals surface area contributed by atoms with Crippen LogP contribution in [0.3, 0.4) is 0 Å². The number of pyridine rings is 1. The summed E-state index contributed by atoms with van der Waals surface area (Å²) in [5, 5.41) is 9.18. The van der Waals surface area contributed by atoms with Gasteiger partial charge in [-0.25, -0.2) is 4.98 Å². The van der Waals surface area contributed by atoms with Crippen molar-refractivity contribution in [1.82, 2.24) is 30.1 Å². The van der Waals surface area contributed by atoms with Gasteiger partial charge in [0.1, 0.15) is 11.1 Å². The molecule has 3 N–H and O–H groups in total. The maximum atomic E-state index is 13.7. The number of ether oxygens (including phenoxy) is 2. The van der Waals surface area contributed by atoms with Gasteiger partial charge in [0.15, 0.2) is 18.2 Å². The first kappa shape index (κ1) is 42.2. The van der Waals surface area contributed by atoms with Gasteiger partial charge in [0.2, 0.25) is 17.8 Å². The van der Waals surface area contributed by atoms with Crippen molar-refractivity contribution in [1.29, 1.82) is 0 Å². The molecule has 1 spiro atoms. The third-order valence-corrected chi connectivity index (χ3v) is 13.5. The highest BCUT2D eigenvalue weighted by Crippen LogP contribution is 2.52. The van der Waals surface area contributed by atoms with E-state index in [1.54, 1.807) is 29.0 Å². The molecule has 4 fully saturated rings. The van der Waals surface area contributed by atoms with E-state index < -0.39 is 29.7 Å². The van der Waals surface area contributed by atoms with E-state index in [1.165, 1.54) is 7.05 Å². The second kappa shape index (κ2) is 16.9. The van der Waals surface area contributed by atoms with Gasteiger partial charge >= 0.3 is 0 Å². The normalized spacial score (nSPS) is 20.3. The Morgan fingerprint density at radius 3 is 2.43 bits per heavy atom. The van der Waals surface area contributed by atoms with Crippen molar-refractivity contribution in [2.45, 2.75) is 89.5 Å². The molecule has 5 amide bonds. The molecule has 18 heteroatoms. The summed E-state index contributed by atoms with van der Waals surface area (Å²) in [6.45, 7) is 6.50. The summed E-state index contributed by atoms with van der Waals surface area (Å²) in [5.41, 5.74) is 2.65. The highest BCUT2D eigenvalue weighted by Gasteiger charge is 2.49. The summed E-state index contributed by atoms with van der Waals surface area (Å²) in [5.74, 6) is -1.23. The van der Waals surface area contributed by atoms with Crippen LogP contribution in [0.15, 0.2) is 53.5 Å². The molecule has 2 aromatic carbocycles. The van der Waals surface area contributed by atoms with Gasteiger partial charge in [-0.15, -0.1) is 0 Å². The average Bonchev–Trinajstić information content (AvgIpc) is 3.51. The number of halogens is 1. The predicted molar refractivity (Wildman–Crippen MR) is 235 cm³/mol. The molecule has 6 heterocycles. The Bertz CT molecular complexity index is 2580. The monoisotopic (exact) mass is 879 g/mol. The first-order valence-electron chi connectivity index (χ1n) is 21.6. The third kappa shape index (κ3) is 8.08. The standard InChI is InChI=1S/C45H50ClN9O8/c1-25(2)54-32-8-7-27(19-26(32)20-35(42(54)60)62-24-37(57)47-3)49-39-31(46)23-48-44(51-39)53-15-11-28(12-16-53)63-29-21-45(22-29)13-17-52(18-14-45)33-6-4-5-30-38(33)43(61)55(41(30)59)34-9-10-36(56)50-40(34)58/h4-8,19-20,23,25,28-29,34H,9-18,21-22,24H2,1-3H3,(H,47,57)(H,48,49,51)(H,50,56,58). The molecular weight excluding hydrogens is 830 g/mol. The number of nitrogens with zero attached hydrogens (tertiary/aromatic N) is 6. The molecule has 1 aliphatic carbocycles. The van der Waals surface area contributed by atoms with E-state index in [0.29, 0.717) is 33.6 Å². The van der Waals surface area contributed by atoms with Crippen LogP contribution in [0.5, 0.6) is 5.75 Å². The fraction of sp³-hybridized carbons (Fsp3) is 0.467. The molecule has 1 unspecified atom stereocenters. The predicted octanol–water partition coefficient (Wildman–Crippen LogP) is 4.73. The van der Waals surface area contributed by atoms with Crippen molar-refractivity contribution in [3.63, 3.8) is 0 Å². The number of piperidine rings is 3. The molecule has 3 saturated heterocycles. The first-order chi connectivity index (χ1) is 30.3. The Morgan fingerprint density at radius 2 is 1.71 bits per heavy atom. The first-order valence-corrected chi connectivity index (χ1v) is 22.0. The number of nitrogens with one attached hydrogen (secondary N) is 3. The lowest BCUT2D eigenvalue weighted by Gasteiger charge is -2.53. The lowest BCUT2D eigenvalue weighted by Crippen LogP contribution is -2.54. The van der Waals surface area contributed by atoms with Gasteiger partial charge in [-0.05, 0) is 101 Å². The Hall–Kier alpha value is -6.07. The van der Waals surface area contributed by atoms with Crippen molar-refractivity contribution in [3.8, 4) is 5.75 Å². The number of benzene rings is 2. The zero-order valence-electron chi connectivity index (χ0n) is 35.4. The maximum absolute atomic E-state index is 13.7. The van der Waals surface area contributed by atoms with Crippen molar-refractivity contribution in [3.05, 3.63) is 75.2 Å². The number of hydrogen-bond acceptors (Lipinski definition) is 13. The number of hydrogen-bond donors (Lipinski definition) is 3. The summed E-state index contributed by atoms with van der Waals surface area (Å²) in [6, 6.07) is 11.4. The molecule has 1 atom stereocenters. The lowest BCUT2D eigenvalue weighted by molar-refractivity contribution is -0.136. The smallest absolute Gasteiger partial charge is 0.293 e. The van der Waals surface area contributed by atoms with Crippen LogP contribution in [0.25, 0.3) is 10.9 Å². The van der Waals surface area contributed by atoms with Crippen LogP contribution in [-0.4, -0.2) is 107 Å². The molecule has 1 saturated carbocycles. The summed E-state index contributed by atoms with van der Waals surface area (Å²) >= 11 is 6.60. The van der Waals surface area contributed by atoms with E-state index in [0.717, 1.165) is 86.2 Å². The Kier molecular flexibility index (Phi) is 11.3. The molecule has 0 radical (unpaired) electrons. The number of imide groups is 2. The van der Waals surface area contributed by atoms with E-state index in [1.807, 2.05) is 38.1 Å². The van der Waals surface area contributed by atoms with Crippen molar-refractivity contribution < 1.29 is 33.4 Å². The topological polar surface area (TPSA) is 197 Å². The Morgan fingerprint density at radius 1 is 0.952 bits per heavy atom. The summed E-state index contributed by atoms with van der Waals surface area (Å²) in [4.78, 5) is 91.2. The Balaban J connectivity index is 0.778. The quantitative estimate of drug-likeness (QED) is 0.175. The number of anilines is 4. The van der Waals surface area contributed by atoms with Gasteiger partial charge in [-0.2, -0.15) is 4.98 Å². The zero-order chi connectivity index (χ0) is 44.2. The number of rotatable bonds is 11. The van der Waals surface area contributed by atoms with Crippen LogP contribution in [-0.2, 0) is 19.1 Å². The van der Waals surface area contributed by atoms with Crippen LogP contribution >= 0.6 is 11.6 Å². The van der Waals surface area contributed by atoms with Gasteiger partial charge < -0.3 is 34.5 Å². The largest absolute Gasteiger partial charge is 0.478 e. The minimum Gasteiger partial charge on any atom is -0.478 e. The molecule has 2 aromatic heterocycles. The molecule has 9 rings (SSSR count). The highest BCUT2D eigenvalue weighted by molar-refractivity contribution is 6.33. The van der Waals surface area contributed by atoms with Crippen LogP contribution in [0.2, 0.25) is 5.02 Å². The molecular formula is C45H50ClN9O8. The van der Waals surface area contributed by atoms with Crippen molar-refractivity contribution in [2.75, 3.05) is 55.0 Å². The van der Waals surface area contributed by atoms with E-state index >= 15 is 0 Å². The third-order valence-electron chi connectivity index (χ3n) is 13.2. The molecule has 17 nitrogen and oxygen atoms in total. The second-order valence-corrected chi connectivity index (χ2v) is 17.9. The van der Waals surface area contributed by atoms with E-state index in [9.17, 15) is 28.8 Å². The molecule has 330 valence electrons. The number of aromatic nitrogens is 3. The summed E-state index contributed by atoms with van der Waals surface area (Å²) in [6.07, 6.45) is 7.65. The number of likely N-dealkylation sites (N-methyl/N-ethyl adjacent to an activating group) is 1. The molecule has 63 heavy (non-hydrogen) atoms. The van der Waals surface area contributed by atoms with Gasteiger partial charge in [0.05, 0.1) is 40.7 Å². The van der Waals surface area contributed by atoms with Crippen molar-refractivity contribution >= 4 is 75.2 Å². The van der Waals surface area contributed by atoms with Crippen molar-refractivity contribution in [2.24, 2.45) is 5.41 Å².